The number of carbonyl (C=O) groups excluding carboxylic acids is 2. The van der Waals surface area contributed by atoms with E-state index in [-0.39, 0.29) is 44.9 Å². The molecule has 0 radical (unpaired) electrons. The molecule has 28 heavy (non-hydrogen) atoms. The number of nitrogens with one attached hydrogen (secondary N) is 1. The van der Waals surface area contributed by atoms with E-state index in [9.17, 15) is 18.0 Å². The SMILES string of the molecule is CCOC(=O)N1CCN(S(=O)(=O)NCc2ccc(OC)c(C(=O)OC)c2)CC1. The molecule has 1 aromatic rings. The molecule has 1 aliphatic rings. The predicted octanol–water partition coefficient (Wildman–Crippen LogP) is 0.590. The van der Waals surface area contributed by atoms with E-state index in [2.05, 4.69) is 4.72 Å². The highest BCUT2D eigenvalue weighted by Gasteiger charge is 2.29. The van der Waals surface area contributed by atoms with Crippen molar-refractivity contribution in [3.8, 4) is 5.75 Å². The number of nitrogens with zero attached hydrogens (tertiary/aromatic N) is 2. The first kappa shape index (κ1) is 21.9. The van der Waals surface area contributed by atoms with Gasteiger partial charge in [0.2, 0.25) is 0 Å². The fourth-order valence-corrected chi connectivity index (χ4v) is 3.90. The average molecular weight is 415 g/mol. The monoisotopic (exact) mass is 415 g/mol. The number of hydrogen-bond acceptors (Lipinski definition) is 7. The van der Waals surface area contributed by atoms with Crippen LogP contribution in [0.5, 0.6) is 5.75 Å². The molecule has 10 nitrogen and oxygen atoms in total. The molecule has 1 aromatic carbocycles. The second-order valence-corrected chi connectivity index (χ2v) is 7.69. The second-order valence-electron chi connectivity index (χ2n) is 5.94. The largest absolute Gasteiger partial charge is 0.496 e. The summed E-state index contributed by atoms with van der Waals surface area (Å²) in [6.07, 6.45) is -0.443. The van der Waals surface area contributed by atoms with Gasteiger partial charge >= 0.3 is 12.1 Å². The molecule has 0 spiro atoms. The average Bonchev–Trinajstić information content (AvgIpc) is 2.71. The normalized spacial score (nSPS) is 15.2. The zero-order valence-electron chi connectivity index (χ0n) is 16.1. The van der Waals surface area contributed by atoms with E-state index in [0.29, 0.717) is 11.3 Å². The van der Waals surface area contributed by atoms with Crippen molar-refractivity contribution in [3.63, 3.8) is 0 Å². The van der Waals surface area contributed by atoms with Crippen molar-refractivity contribution in [2.45, 2.75) is 13.5 Å². The number of piperazine rings is 1. The summed E-state index contributed by atoms with van der Waals surface area (Å²) >= 11 is 0. The van der Waals surface area contributed by atoms with Crippen LogP contribution in [-0.2, 0) is 26.2 Å². The maximum atomic E-state index is 12.5. The quantitative estimate of drug-likeness (QED) is 0.648. The van der Waals surface area contributed by atoms with Gasteiger partial charge in [0.15, 0.2) is 0 Å². The van der Waals surface area contributed by atoms with Gasteiger partial charge in [0, 0.05) is 32.7 Å². The summed E-state index contributed by atoms with van der Waals surface area (Å²) in [6, 6.07) is 4.76. The van der Waals surface area contributed by atoms with Gasteiger partial charge in [-0.2, -0.15) is 17.4 Å². The lowest BCUT2D eigenvalue weighted by molar-refractivity contribution is 0.0596. The van der Waals surface area contributed by atoms with Crippen molar-refractivity contribution in [2.24, 2.45) is 0 Å². The van der Waals surface area contributed by atoms with Gasteiger partial charge in [0.05, 0.1) is 20.8 Å². The van der Waals surface area contributed by atoms with Crippen molar-refractivity contribution < 1.29 is 32.2 Å². The molecule has 1 aliphatic heterocycles. The van der Waals surface area contributed by atoms with Crippen LogP contribution >= 0.6 is 0 Å². The fourth-order valence-electron chi connectivity index (χ4n) is 2.73. The smallest absolute Gasteiger partial charge is 0.409 e. The molecule has 1 amide bonds. The topological polar surface area (TPSA) is 114 Å². The van der Waals surface area contributed by atoms with Crippen LogP contribution in [0.25, 0.3) is 0 Å². The van der Waals surface area contributed by atoms with E-state index in [1.807, 2.05) is 0 Å². The molecule has 156 valence electrons. The van der Waals surface area contributed by atoms with Crippen molar-refractivity contribution in [1.29, 1.82) is 0 Å². The first-order valence-electron chi connectivity index (χ1n) is 8.74. The molecule has 0 bridgehead atoms. The molecular formula is C17H25N3O7S. The molecular weight excluding hydrogens is 390 g/mol. The van der Waals surface area contributed by atoms with Gasteiger partial charge in [-0.1, -0.05) is 6.07 Å². The highest BCUT2D eigenvalue weighted by Crippen LogP contribution is 2.21. The van der Waals surface area contributed by atoms with Gasteiger partial charge in [0.25, 0.3) is 10.2 Å². The number of benzene rings is 1. The van der Waals surface area contributed by atoms with Crippen molar-refractivity contribution in [2.75, 3.05) is 47.0 Å². The standard InChI is InChI=1S/C17H25N3O7S/c1-4-27-17(22)19-7-9-20(10-8-19)28(23,24)18-12-13-5-6-15(25-2)14(11-13)16(21)26-3/h5-6,11,18H,4,7-10,12H2,1-3H3. The van der Waals surface area contributed by atoms with Gasteiger partial charge in [-0.05, 0) is 24.6 Å². The molecule has 0 aliphatic carbocycles. The summed E-state index contributed by atoms with van der Waals surface area (Å²) in [4.78, 5) is 25.0. The maximum Gasteiger partial charge on any atom is 0.409 e. The van der Waals surface area contributed by atoms with Gasteiger partial charge in [0.1, 0.15) is 11.3 Å². The number of ether oxygens (including phenoxy) is 3. The summed E-state index contributed by atoms with van der Waals surface area (Å²) in [7, 11) is -1.05. The zero-order chi connectivity index (χ0) is 20.7. The fraction of sp³-hybridized carbons (Fsp3) is 0.529. The minimum atomic E-state index is -3.74. The Morgan fingerprint density at radius 2 is 1.82 bits per heavy atom. The number of methoxy groups -OCH3 is 2. The highest BCUT2D eigenvalue weighted by atomic mass is 32.2. The summed E-state index contributed by atoms with van der Waals surface area (Å²) in [5.74, 6) is -0.231. The van der Waals surface area contributed by atoms with Crippen LogP contribution < -0.4 is 9.46 Å². The minimum Gasteiger partial charge on any atom is -0.496 e. The molecule has 1 N–H and O–H groups in total. The zero-order valence-corrected chi connectivity index (χ0v) is 17.0. The van der Waals surface area contributed by atoms with Gasteiger partial charge in [-0.25, -0.2) is 9.59 Å². The number of carbonyl (C=O) groups is 2. The van der Waals surface area contributed by atoms with E-state index < -0.39 is 22.3 Å². The Morgan fingerprint density at radius 1 is 1.14 bits per heavy atom. The third kappa shape index (κ3) is 5.33. The number of hydrogen-bond donors (Lipinski definition) is 1. The molecule has 1 saturated heterocycles. The Morgan fingerprint density at radius 3 is 2.39 bits per heavy atom. The van der Waals surface area contributed by atoms with Gasteiger partial charge in [-0.15, -0.1) is 0 Å². The van der Waals surface area contributed by atoms with Crippen LogP contribution in [0, 0.1) is 0 Å². The summed E-state index contributed by atoms with van der Waals surface area (Å²) in [5, 5.41) is 0. The molecule has 0 saturated carbocycles. The van der Waals surface area contributed by atoms with Gasteiger partial charge < -0.3 is 19.1 Å². The van der Waals surface area contributed by atoms with Crippen molar-refractivity contribution in [3.05, 3.63) is 29.3 Å². The van der Waals surface area contributed by atoms with Crippen LogP contribution in [0.15, 0.2) is 18.2 Å². The first-order chi connectivity index (χ1) is 13.3. The molecule has 2 rings (SSSR count). The third-order valence-electron chi connectivity index (χ3n) is 4.23. The Bertz CT molecular complexity index is 805. The van der Waals surface area contributed by atoms with Crippen LogP contribution in [0.2, 0.25) is 0 Å². The van der Waals surface area contributed by atoms with E-state index >= 15 is 0 Å². The third-order valence-corrected chi connectivity index (χ3v) is 5.79. The summed E-state index contributed by atoms with van der Waals surface area (Å²) < 4.78 is 43.6. The van der Waals surface area contributed by atoms with Crippen LogP contribution in [-0.4, -0.2) is 76.7 Å². The van der Waals surface area contributed by atoms with E-state index in [1.165, 1.54) is 29.5 Å². The summed E-state index contributed by atoms with van der Waals surface area (Å²) in [6.45, 7) is 2.84. The Balaban J connectivity index is 1.98. The van der Waals surface area contributed by atoms with Crippen molar-refractivity contribution >= 4 is 22.3 Å². The Labute approximate surface area is 164 Å². The van der Waals surface area contributed by atoms with Crippen LogP contribution in [0.3, 0.4) is 0 Å². The lowest BCUT2D eigenvalue weighted by Gasteiger charge is -2.33. The lowest BCUT2D eigenvalue weighted by Crippen LogP contribution is -2.53. The molecule has 0 aromatic heterocycles. The molecule has 11 heteroatoms. The maximum absolute atomic E-state index is 12.5. The summed E-state index contributed by atoms with van der Waals surface area (Å²) in [5.41, 5.74) is 0.791. The first-order valence-corrected chi connectivity index (χ1v) is 10.2. The van der Waals surface area contributed by atoms with E-state index in [1.54, 1.807) is 19.1 Å². The minimum absolute atomic E-state index is 0.00554. The van der Waals surface area contributed by atoms with E-state index in [4.69, 9.17) is 14.2 Å². The van der Waals surface area contributed by atoms with Crippen LogP contribution in [0.4, 0.5) is 4.79 Å². The molecule has 1 fully saturated rings. The number of esters is 1. The predicted molar refractivity (Wildman–Crippen MR) is 100 cm³/mol. The Kier molecular flexibility index (Phi) is 7.61. The second kappa shape index (κ2) is 9.71. The van der Waals surface area contributed by atoms with Crippen LogP contribution in [0.1, 0.15) is 22.8 Å². The highest BCUT2D eigenvalue weighted by molar-refractivity contribution is 7.87. The lowest BCUT2D eigenvalue weighted by atomic mass is 10.1. The Hall–Kier alpha value is -2.37. The molecule has 0 unspecified atom stereocenters. The van der Waals surface area contributed by atoms with Crippen molar-refractivity contribution in [1.82, 2.24) is 13.9 Å². The van der Waals surface area contributed by atoms with E-state index in [0.717, 1.165) is 0 Å². The van der Waals surface area contributed by atoms with Gasteiger partial charge in [-0.3, -0.25) is 0 Å². The molecule has 1 heterocycles. The number of amides is 1. The molecule has 0 atom stereocenters. The number of rotatable bonds is 7.